The Kier molecular flexibility index (Phi) is 4.55. The van der Waals surface area contributed by atoms with E-state index in [2.05, 4.69) is 6.92 Å². The molecule has 6 nitrogen and oxygen atoms in total. The largest absolute Gasteiger partial charge is 0.341 e. The second kappa shape index (κ2) is 6.63. The van der Waals surface area contributed by atoms with Gasteiger partial charge in [-0.1, -0.05) is 19.1 Å². The number of hydrogen-bond donors (Lipinski definition) is 0. The van der Waals surface area contributed by atoms with E-state index < -0.39 is 5.69 Å². The summed E-state index contributed by atoms with van der Waals surface area (Å²) in [6.45, 7) is 5.64. The van der Waals surface area contributed by atoms with Crippen LogP contribution in [0.2, 0.25) is 0 Å². The van der Waals surface area contributed by atoms with Crippen LogP contribution in [0.5, 0.6) is 0 Å². The van der Waals surface area contributed by atoms with Gasteiger partial charge >= 0.3 is 5.69 Å². The molecular formula is C18H23N3O3. The van der Waals surface area contributed by atoms with Gasteiger partial charge in [0, 0.05) is 19.6 Å². The smallest absolute Gasteiger partial charge is 0.331 e. The topological polar surface area (TPSA) is 64.3 Å². The van der Waals surface area contributed by atoms with Crippen molar-refractivity contribution in [2.45, 2.75) is 39.8 Å². The summed E-state index contributed by atoms with van der Waals surface area (Å²) in [5, 5.41) is 0.471. The van der Waals surface area contributed by atoms with Gasteiger partial charge in [0.1, 0.15) is 6.54 Å². The maximum absolute atomic E-state index is 12.7. The second-order valence-corrected chi connectivity index (χ2v) is 6.52. The van der Waals surface area contributed by atoms with Crippen LogP contribution in [-0.4, -0.2) is 33.0 Å². The predicted molar refractivity (Wildman–Crippen MR) is 93.1 cm³/mol. The molecule has 1 aromatic carbocycles. The van der Waals surface area contributed by atoms with E-state index in [9.17, 15) is 14.4 Å². The van der Waals surface area contributed by atoms with Crippen molar-refractivity contribution in [3.05, 3.63) is 45.1 Å². The first-order valence-electron chi connectivity index (χ1n) is 8.53. The fraction of sp³-hybridized carbons (Fsp3) is 0.500. The summed E-state index contributed by atoms with van der Waals surface area (Å²) in [6, 6.07) is 6.98. The Morgan fingerprint density at radius 3 is 2.67 bits per heavy atom. The molecule has 1 unspecified atom stereocenters. The molecule has 1 aliphatic heterocycles. The fourth-order valence-corrected chi connectivity index (χ4v) is 3.45. The van der Waals surface area contributed by atoms with Crippen molar-refractivity contribution in [2.75, 3.05) is 13.1 Å². The standard InChI is InChI=1S/C18H23N3O3/c1-3-20-17(23)14-8-4-5-9-15(14)21(18(20)24)12-16(22)19-10-6-7-13(2)11-19/h4-5,8-9,13H,3,6-7,10-12H2,1-2H3. The minimum Gasteiger partial charge on any atom is -0.341 e. The highest BCUT2D eigenvalue weighted by Gasteiger charge is 2.22. The maximum atomic E-state index is 12.7. The molecule has 3 rings (SSSR count). The fourth-order valence-electron chi connectivity index (χ4n) is 3.45. The Morgan fingerprint density at radius 1 is 1.21 bits per heavy atom. The molecule has 1 fully saturated rings. The van der Waals surface area contributed by atoms with Gasteiger partial charge in [0.2, 0.25) is 5.91 Å². The zero-order chi connectivity index (χ0) is 17.3. The molecule has 0 saturated carbocycles. The van der Waals surface area contributed by atoms with Gasteiger partial charge in [-0.05, 0) is 37.8 Å². The Bertz CT molecular complexity index is 881. The molecule has 128 valence electrons. The van der Waals surface area contributed by atoms with E-state index in [0.29, 0.717) is 16.8 Å². The van der Waals surface area contributed by atoms with Crippen molar-refractivity contribution in [1.29, 1.82) is 0 Å². The number of likely N-dealkylation sites (tertiary alicyclic amines) is 1. The Labute approximate surface area is 140 Å². The number of rotatable bonds is 3. The first-order chi connectivity index (χ1) is 11.5. The van der Waals surface area contributed by atoms with Gasteiger partial charge in [0.15, 0.2) is 0 Å². The van der Waals surface area contributed by atoms with Crippen LogP contribution in [0.15, 0.2) is 33.9 Å². The summed E-state index contributed by atoms with van der Waals surface area (Å²) in [7, 11) is 0. The number of hydrogen-bond acceptors (Lipinski definition) is 3. The average Bonchev–Trinajstić information content (AvgIpc) is 2.59. The predicted octanol–water partition coefficient (Wildman–Crippen LogP) is 1.44. The molecular weight excluding hydrogens is 306 g/mol. The minimum absolute atomic E-state index is 0.0215. The highest BCUT2D eigenvalue weighted by Crippen LogP contribution is 2.16. The molecule has 0 spiro atoms. The van der Waals surface area contributed by atoms with Gasteiger partial charge in [-0.2, -0.15) is 0 Å². The maximum Gasteiger partial charge on any atom is 0.331 e. The lowest BCUT2D eigenvalue weighted by Gasteiger charge is -2.31. The summed E-state index contributed by atoms with van der Waals surface area (Å²) in [6.07, 6.45) is 2.13. The number of aromatic nitrogens is 2. The van der Waals surface area contributed by atoms with Gasteiger partial charge in [-0.15, -0.1) is 0 Å². The number of benzene rings is 1. The van der Waals surface area contributed by atoms with Crippen molar-refractivity contribution < 1.29 is 4.79 Å². The van der Waals surface area contributed by atoms with E-state index in [1.165, 1.54) is 9.13 Å². The summed E-state index contributed by atoms with van der Waals surface area (Å²) in [5.74, 6) is 0.427. The van der Waals surface area contributed by atoms with Crippen LogP contribution >= 0.6 is 0 Å². The molecule has 2 heterocycles. The summed E-state index contributed by atoms with van der Waals surface area (Å²) >= 11 is 0. The van der Waals surface area contributed by atoms with Crippen LogP contribution in [0.3, 0.4) is 0 Å². The molecule has 0 radical (unpaired) electrons. The highest BCUT2D eigenvalue weighted by molar-refractivity contribution is 5.81. The molecule has 1 amide bonds. The van der Waals surface area contributed by atoms with Crippen molar-refractivity contribution in [2.24, 2.45) is 5.92 Å². The Balaban J connectivity index is 2.04. The molecule has 0 aliphatic carbocycles. The van der Waals surface area contributed by atoms with E-state index in [0.717, 1.165) is 25.9 Å². The lowest BCUT2D eigenvalue weighted by atomic mass is 10.0. The zero-order valence-corrected chi connectivity index (χ0v) is 14.2. The first kappa shape index (κ1) is 16.5. The van der Waals surface area contributed by atoms with Gasteiger partial charge in [-0.25, -0.2) is 4.79 Å². The molecule has 0 bridgehead atoms. The molecule has 24 heavy (non-hydrogen) atoms. The molecule has 1 aromatic heterocycles. The monoisotopic (exact) mass is 329 g/mol. The Hall–Kier alpha value is -2.37. The van der Waals surface area contributed by atoms with Gasteiger partial charge in [0.25, 0.3) is 5.56 Å². The normalized spacial score (nSPS) is 18.1. The van der Waals surface area contributed by atoms with Gasteiger partial charge < -0.3 is 4.90 Å². The van der Waals surface area contributed by atoms with Crippen molar-refractivity contribution in [1.82, 2.24) is 14.0 Å². The number of piperidine rings is 1. The van der Waals surface area contributed by atoms with E-state index in [4.69, 9.17) is 0 Å². The lowest BCUT2D eigenvalue weighted by Crippen LogP contribution is -2.45. The van der Waals surface area contributed by atoms with E-state index >= 15 is 0 Å². The van der Waals surface area contributed by atoms with Gasteiger partial charge in [0.05, 0.1) is 10.9 Å². The number of para-hydroxylation sites is 1. The average molecular weight is 329 g/mol. The minimum atomic E-state index is -0.417. The molecule has 6 heteroatoms. The van der Waals surface area contributed by atoms with E-state index in [1.807, 2.05) is 4.90 Å². The third-order valence-electron chi connectivity index (χ3n) is 4.75. The quantitative estimate of drug-likeness (QED) is 0.856. The molecule has 1 aliphatic rings. The number of carbonyl (C=O) groups is 1. The third kappa shape index (κ3) is 2.88. The highest BCUT2D eigenvalue weighted by atomic mass is 16.2. The molecule has 1 atom stereocenters. The molecule has 1 saturated heterocycles. The van der Waals surface area contributed by atoms with Crippen LogP contribution < -0.4 is 11.2 Å². The van der Waals surface area contributed by atoms with Crippen LogP contribution in [0.25, 0.3) is 10.9 Å². The van der Waals surface area contributed by atoms with Crippen LogP contribution in [0.1, 0.15) is 26.7 Å². The summed E-state index contributed by atoms with van der Waals surface area (Å²) < 4.78 is 2.62. The number of fused-ring (bicyclic) bond motifs is 1. The zero-order valence-electron chi connectivity index (χ0n) is 14.2. The Morgan fingerprint density at radius 2 is 1.96 bits per heavy atom. The number of nitrogens with zero attached hydrogens (tertiary/aromatic N) is 3. The first-order valence-corrected chi connectivity index (χ1v) is 8.53. The van der Waals surface area contributed by atoms with Gasteiger partial charge in [-0.3, -0.25) is 18.7 Å². The van der Waals surface area contributed by atoms with Crippen molar-refractivity contribution in [3.63, 3.8) is 0 Å². The van der Waals surface area contributed by atoms with E-state index in [-0.39, 0.29) is 24.6 Å². The number of amides is 1. The van der Waals surface area contributed by atoms with Crippen LogP contribution in [0.4, 0.5) is 0 Å². The summed E-state index contributed by atoms with van der Waals surface area (Å²) in [5.41, 5.74) is -0.191. The van der Waals surface area contributed by atoms with Crippen molar-refractivity contribution >= 4 is 16.8 Å². The summed E-state index contributed by atoms with van der Waals surface area (Å²) in [4.78, 5) is 39.6. The van der Waals surface area contributed by atoms with Crippen LogP contribution in [0, 0.1) is 5.92 Å². The van der Waals surface area contributed by atoms with Crippen molar-refractivity contribution in [3.8, 4) is 0 Å². The second-order valence-electron chi connectivity index (χ2n) is 6.52. The SMILES string of the molecule is CCn1c(=O)c2ccccc2n(CC(=O)N2CCCC(C)C2)c1=O. The number of carbonyl (C=O) groups excluding carboxylic acids is 1. The molecule has 2 aromatic rings. The third-order valence-corrected chi connectivity index (χ3v) is 4.75. The van der Waals surface area contributed by atoms with Crippen LogP contribution in [-0.2, 0) is 17.9 Å². The lowest BCUT2D eigenvalue weighted by molar-refractivity contribution is -0.133. The van der Waals surface area contributed by atoms with E-state index in [1.54, 1.807) is 31.2 Å². The molecule has 0 N–H and O–H groups in total.